The number of nitrogens with one attached hydrogen (secondary N) is 1. The Balaban J connectivity index is 1.40. The summed E-state index contributed by atoms with van der Waals surface area (Å²) in [6.07, 6.45) is 5.51. The SMILES string of the molecule is COc1ccc(NC(=O)[C@@H]2CCCN(c3ncc(-c4ccc(C)cc4)cn3)C2)cc1. The minimum atomic E-state index is -0.0961. The lowest BCUT2D eigenvalue weighted by atomic mass is 9.97. The monoisotopic (exact) mass is 402 g/mol. The summed E-state index contributed by atoms with van der Waals surface area (Å²) in [6.45, 7) is 3.54. The van der Waals surface area contributed by atoms with Gasteiger partial charge < -0.3 is 15.0 Å². The molecule has 1 atom stereocenters. The van der Waals surface area contributed by atoms with Crippen LogP contribution < -0.4 is 15.0 Å². The number of ether oxygens (including phenoxy) is 1. The average molecular weight is 402 g/mol. The number of hydrogen-bond donors (Lipinski definition) is 1. The third kappa shape index (κ3) is 4.59. The highest BCUT2D eigenvalue weighted by atomic mass is 16.5. The van der Waals surface area contributed by atoms with Gasteiger partial charge in [0.25, 0.3) is 0 Å². The Morgan fingerprint density at radius 3 is 2.40 bits per heavy atom. The molecule has 3 aromatic rings. The summed E-state index contributed by atoms with van der Waals surface area (Å²) >= 11 is 0. The van der Waals surface area contributed by atoms with E-state index in [1.807, 2.05) is 36.7 Å². The predicted octanol–water partition coefficient (Wildman–Crippen LogP) is 4.32. The summed E-state index contributed by atoms with van der Waals surface area (Å²) in [6, 6.07) is 15.7. The van der Waals surface area contributed by atoms with E-state index in [0.29, 0.717) is 12.5 Å². The van der Waals surface area contributed by atoms with Crippen molar-refractivity contribution in [2.75, 3.05) is 30.4 Å². The number of rotatable bonds is 5. The number of hydrogen-bond acceptors (Lipinski definition) is 5. The first kappa shape index (κ1) is 19.9. The van der Waals surface area contributed by atoms with Gasteiger partial charge in [0.1, 0.15) is 5.75 Å². The first-order valence-corrected chi connectivity index (χ1v) is 10.2. The van der Waals surface area contributed by atoms with Gasteiger partial charge in [-0.1, -0.05) is 29.8 Å². The standard InChI is InChI=1S/C24H26N4O2/c1-17-5-7-18(8-6-17)20-14-25-24(26-15-20)28-13-3-4-19(16-28)23(29)27-21-9-11-22(30-2)12-10-21/h5-12,14-15,19H,3-4,13,16H2,1-2H3,(H,27,29)/t19-/m1/s1. The van der Waals surface area contributed by atoms with E-state index in [2.05, 4.69) is 51.4 Å². The second-order valence-electron chi connectivity index (χ2n) is 7.64. The van der Waals surface area contributed by atoms with Crippen molar-refractivity contribution >= 4 is 17.5 Å². The van der Waals surface area contributed by atoms with Crippen LogP contribution >= 0.6 is 0 Å². The summed E-state index contributed by atoms with van der Waals surface area (Å²) in [5, 5.41) is 3.01. The largest absolute Gasteiger partial charge is 0.497 e. The second-order valence-corrected chi connectivity index (χ2v) is 7.64. The molecule has 0 saturated carbocycles. The van der Waals surface area contributed by atoms with Crippen LogP contribution in [0.3, 0.4) is 0 Å². The number of carbonyl (C=O) groups excluding carboxylic acids is 1. The molecular weight excluding hydrogens is 376 g/mol. The van der Waals surface area contributed by atoms with Gasteiger partial charge in [-0.3, -0.25) is 4.79 Å². The molecule has 4 rings (SSSR count). The molecule has 0 unspecified atom stereocenters. The fourth-order valence-corrected chi connectivity index (χ4v) is 3.67. The molecule has 0 spiro atoms. The van der Waals surface area contributed by atoms with Gasteiger partial charge in [0, 0.05) is 36.7 Å². The van der Waals surface area contributed by atoms with Gasteiger partial charge in [-0.25, -0.2) is 9.97 Å². The Morgan fingerprint density at radius 2 is 1.73 bits per heavy atom. The van der Waals surface area contributed by atoms with Gasteiger partial charge in [-0.05, 0) is 49.6 Å². The molecule has 1 amide bonds. The molecule has 6 nitrogen and oxygen atoms in total. The van der Waals surface area contributed by atoms with Crippen LogP contribution in [-0.2, 0) is 4.79 Å². The molecule has 1 N–H and O–H groups in total. The maximum Gasteiger partial charge on any atom is 0.229 e. The van der Waals surface area contributed by atoms with Crippen LogP contribution in [0.4, 0.5) is 11.6 Å². The summed E-state index contributed by atoms with van der Waals surface area (Å²) < 4.78 is 5.16. The Labute approximate surface area is 176 Å². The lowest BCUT2D eigenvalue weighted by molar-refractivity contribution is -0.120. The van der Waals surface area contributed by atoms with Gasteiger partial charge in [-0.15, -0.1) is 0 Å². The smallest absolute Gasteiger partial charge is 0.229 e. The van der Waals surface area contributed by atoms with Crippen molar-refractivity contribution in [1.29, 1.82) is 0 Å². The van der Waals surface area contributed by atoms with E-state index in [1.54, 1.807) is 7.11 Å². The van der Waals surface area contributed by atoms with Crippen molar-refractivity contribution in [2.24, 2.45) is 5.92 Å². The van der Waals surface area contributed by atoms with Gasteiger partial charge in [0.05, 0.1) is 13.0 Å². The zero-order valence-corrected chi connectivity index (χ0v) is 17.3. The van der Waals surface area contributed by atoms with Crippen LogP contribution in [0, 0.1) is 12.8 Å². The van der Waals surface area contributed by atoms with Gasteiger partial charge in [0.15, 0.2) is 0 Å². The fraction of sp³-hybridized carbons (Fsp3) is 0.292. The number of amides is 1. The zero-order valence-electron chi connectivity index (χ0n) is 17.3. The first-order valence-electron chi connectivity index (χ1n) is 10.2. The van der Waals surface area contributed by atoms with Crippen LogP contribution in [0.1, 0.15) is 18.4 Å². The molecule has 154 valence electrons. The minimum absolute atomic E-state index is 0.0288. The van der Waals surface area contributed by atoms with E-state index in [1.165, 1.54) is 5.56 Å². The zero-order chi connectivity index (χ0) is 20.9. The molecule has 1 aliphatic heterocycles. The van der Waals surface area contributed by atoms with Crippen LogP contribution in [0.2, 0.25) is 0 Å². The molecule has 1 fully saturated rings. The van der Waals surface area contributed by atoms with E-state index in [-0.39, 0.29) is 11.8 Å². The highest BCUT2D eigenvalue weighted by molar-refractivity contribution is 5.93. The number of nitrogens with zero attached hydrogens (tertiary/aromatic N) is 3. The van der Waals surface area contributed by atoms with E-state index in [0.717, 1.165) is 42.0 Å². The predicted molar refractivity (Wildman–Crippen MR) is 119 cm³/mol. The van der Waals surface area contributed by atoms with Crippen LogP contribution in [0.5, 0.6) is 5.75 Å². The Bertz CT molecular complexity index is 985. The molecule has 2 heterocycles. The van der Waals surface area contributed by atoms with Crippen LogP contribution in [0.25, 0.3) is 11.1 Å². The number of aryl methyl sites for hydroxylation is 1. The molecular formula is C24H26N4O2. The van der Waals surface area contributed by atoms with Gasteiger partial charge in [-0.2, -0.15) is 0 Å². The second kappa shape index (κ2) is 8.95. The number of methoxy groups -OCH3 is 1. The maximum atomic E-state index is 12.8. The van der Waals surface area contributed by atoms with Crippen molar-refractivity contribution in [3.8, 4) is 16.9 Å². The van der Waals surface area contributed by atoms with E-state index in [4.69, 9.17) is 4.74 Å². The summed E-state index contributed by atoms with van der Waals surface area (Å²) in [5.74, 6) is 1.37. The van der Waals surface area contributed by atoms with Crippen molar-refractivity contribution in [3.63, 3.8) is 0 Å². The molecule has 0 radical (unpaired) electrons. The Kier molecular flexibility index (Phi) is 5.93. The highest BCUT2D eigenvalue weighted by Crippen LogP contribution is 2.24. The summed E-state index contributed by atoms with van der Waals surface area (Å²) in [7, 11) is 1.62. The lowest BCUT2D eigenvalue weighted by Crippen LogP contribution is -2.41. The molecule has 0 bridgehead atoms. The highest BCUT2D eigenvalue weighted by Gasteiger charge is 2.27. The van der Waals surface area contributed by atoms with Crippen molar-refractivity contribution in [1.82, 2.24) is 9.97 Å². The number of benzene rings is 2. The quantitative estimate of drug-likeness (QED) is 0.689. The molecule has 0 aliphatic carbocycles. The van der Waals surface area contributed by atoms with Gasteiger partial charge in [0.2, 0.25) is 11.9 Å². The summed E-state index contributed by atoms with van der Waals surface area (Å²) in [4.78, 5) is 24.0. The van der Waals surface area contributed by atoms with Crippen molar-refractivity contribution in [2.45, 2.75) is 19.8 Å². The van der Waals surface area contributed by atoms with Crippen LogP contribution in [0.15, 0.2) is 60.9 Å². The molecule has 1 aromatic heterocycles. The third-order valence-electron chi connectivity index (χ3n) is 5.46. The number of piperidine rings is 1. The molecule has 6 heteroatoms. The average Bonchev–Trinajstić information content (AvgIpc) is 2.80. The van der Waals surface area contributed by atoms with E-state index < -0.39 is 0 Å². The molecule has 2 aromatic carbocycles. The Hall–Kier alpha value is -3.41. The van der Waals surface area contributed by atoms with E-state index in [9.17, 15) is 4.79 Å². The third-order valence-corrected chi connectivity index (χ3v) is 5.46. The van der Waals surface area contributed by atoms with Crippen LogP contribution in [-0.4, -0.2) is 36.1 Å². The topological polar surface area (TPSA) is 67.3 Å². The number of carbonyl (C=O) groups is 1. The summed E-state index contributed by atoms with van der Waals surface area (Å²) in [5.41, 5.74) is 4.09. The molecule has 30 heavy (non-hydrogen) atoms. The molecule has 1 aliphatic rings. The maximum absolute atomic E-state index is 12.8. The lowest BCUT2D eigenvalue weighted by Gasteiger charge is -2.32. The molecule has 1 saturated heterocycles. The number of anilines is 2. The van der Waals surface area contributed by atoms with Gasteiger partial charge >= 0.3 is 0 Å². The Morgan fingerprint density at radius 1 is 1.03 bits per heavy atom. The number of aromatic nitrogens is 2. The van der Waals surface area contributed by atoms with Crippen molar-refractivity contribution < 1.29 is 9.53 Å². The normalized spacial score (nSPS) is 16.2. The van der Waals surface area contributed by atoms with E-state index >= 15 is 0 Å². The first-order chi connectivity index (χ1) is 14.6. The fourth-order valence-electron chi connectivity index (χ4n) is 3.67. The van der Waals surface area contributed by atoms with Crippen molar-refractivity contribution in [3.05, 3.63) is 66.5 Å². The minimum Gasteiger partial charge on any atom is -0.497 e.